The van der Waals surface area contributed by atoms with E-state index in [1.165, 1.54) is 7.11 Å². The first kappa shape index (κ1) is 45.9. The van der Waals surface area contributed by atoms with Gasteiger partial charge in [0.05, 0.1) is 26.1 Å². The number of rotatable bonds is 4. The predicted molar refractivity (Wildman–Crippen MR) is 195 cm³/mol. The van der Waals surface area contributed by atoms with Crippen LogP contribution in [0.5, 0.6) is 5.75 Å². The van der Waals surface area contributed by atoms with E-state index in [-0.39, 0.29) is 68.9 Å². The zero-order valence-corrected chi connectivity index (χ0v) is 31.2. The molecule has 0 atom stereocenters. The quantitative estimate of drug-likeness (QED) is 0.0627. The second kappa shape index (κ2) is 21.2. The van der Waals surface area contributed by atoms with E-state index < -0.39 is 30.4 Å². The van der Waals surface area contributed by atoms with Crippen molar-refractivity contribution < 1.29 is 56.3 Å². The average molecular weight is 946 g/mol. The molecule has 0 aromatic heterocycles. The van der Waals surface area contributed by atoms with E-state index in [1.54, 1.807) is 36.4 Å². The molecule has 48 heavy (non-hydrogen) atoms. The van der Waals surface area contributed by atoms with Gasteiger partial charge in [-0.05, 0) is 74.0 Å². The Labute approximate surface area is 323 Å². The van der Waals surface area contributed by atoms with E-state index in [2.05, 4.69) is 31.9 Å². The Morgan fingerprint density at radius 3 is 1.38 bits per heavy atom. The molecule has 13 heteroatoms. The van der Waals surface area contributed by atoms with Gasteiger partial charge in [0.15, 0.2) is 0 Å². The monoisotopic (exact) mass is 943 g/mol. The molecule has 0 fully saturated rings. The van der Waals surface area contributed by atoms with Crippen LogP contribution in [0, 0.1) is 37.1 Å². The minimum absolute atomic E-state index is 0. The molecule has 0 amide bonds. The third-order valence-corrected chi connectivity index (χ3v) is 9.24. The molecule has 0 aliphatic heterocycles. The minimum atomic E-state index is -1.47. The smallest absolute Gasteiger partial charge is 0.492 e. The van der Waals surface area contributed by atoms with Gasteiger partial charge in [0, 0.05) is 28.7 Å². The molecule has 0 spiro atoms. The van der Waals surface area contributed by atoms with Gasteiger partial charge < -0.3 is 38.8 Å². The van der Waals surface area contributed by atoms with Crippen LogP contribution in [0.15, 0.2) is 93.9 Å². The molecule has 2 N–H and O–H groups in total. The lowest BCUT2D eigenvalue weighted by Crippen LogP contribution is -3.00. The van der Waals surface area contributed by atoms with E-state index in [4.69, 9.17) is 38.0 Å². The number of methoxy groups -OCH3 is 1. The molecule has 0 saturated heterocycles. The molecule has 0 saturated carbocycles. The molecular weight excluding hydrogens is 913 g/mol. The number of para-hydroxylation sites is 1. The zero-order chi connectivity index (χ0) is 33.4. The molecule has 0 heterocycles. The van der Waals surface area contributed by atoms with E-state index in [0.717, 1.165) is 23.3 Å². The fraction of sp³-hybridized carbons (Fsp3) is 0.143. The highest BCUT2D eigenvalue weighted by Crippen LogP contribution is 2.42. The molecule has 5 aromatic rings. The molecule has 0 unspecified atom stereocenters. The van der Waals surface area contributed by atoms with Gasteiger partial charge in [0.1, 0.15) is 29.0 Å². The zero-order valence-electron chi connectivity index (χ0n) is 24.4. The summed E-state index contributed by atoms with van der Waals surface area (Å²) in [7, 11) is 0.0208. The topological polar surface area (TPSA) is 49.7 Å². The molecule has 0 aliphatic carbocycles. The van der Waals surface area contributed by atoms with Crippen molar-refractivity contribution in [3.63, 3.8) is 0 Å². The van der Waals surface area contributed by atoms with Crippen LogP contribution in [-0.2, 0) is 0 Å². The summed E-state index contributed by atoms with van der Waals surface area (Å²) < 4.78 is 59.2. The van der Waals surface area contributed by atoms with Gasteiger partial charge in [0.25, 0.3) is 0 Å². The van der Waals surface area contributed by atoms with Crippen LogP contribution in [0.2, 0.25) is 10.0 Å². The summed E-state index contributed by atoms with van der Waals surface area (Å²) in [6.07, 6.45) is 0. The number of aryl methyl sites for hydroxylation is 2. The summed E-state index contributed by atoms with van der Waals surface area (Å²) in [5.41, 5.74) is 3.98. The lowest BCUT2D eigenvalue weighted by molar-refractivity contribution is -0.0000148. The molecular formula is C35H33BBr2Cl2F4IO3-. The summed E-state index contributed by atoms with van der Waals surface area (Å²) in [5, 5.41) is 17.7. The maximum Gasteiger partial charge on any atom is 0.492 e. The Bertz CT molecular complexity index is 1720. The van der Waals surface area contributed by atoms with Crippen molar-refractivity contribution >= 4 is 67.6 Å². The Morgan fingerprint density at radius 1 is 0.625 bits per heavy atom. The SMILES string of the molecule is C.C.COc1ccccc1B(O)O.Cc1ccccc1-c1c(F)cc(F)c(-c2ccccc2C)c1Cl.Fc1cc(F)c(Br)c(Cl)c1Br.[I-]. The Hall–Kier alpha value is -2.13. The summed E-state index contributed by atoms with van der Waals surface area (Å²) >= 11 is 17.7. The van der Waals surface area contributed by atoms with Crippen molar-refractivity contribution in [2.24, 2.45) is 0 Å². The molecule has 258 valence electrons. The van der Waals surface area contributed by atoms with E-state index in [0.29, 0.717) is 22.3 Å². The fourth-order valence-corrected chi connectivity index (χ4v) is 5.67. The highest BCUT2D eigenvalue weighted by molar-refractivity contribution is 9.11. The minimum Gasteiger partial charge on any atom is -1.00 e. The van der Waals surface area contributed by atoms with E-state index >= 15 is 0 Å². The number of halogens is 9. The fourth-order valence-electron chi connectivity index (χ4n) is 4.21. The van der Waals surface area contributed by atoms with Gasteiger partial charge in [-0.2, -0.15) is 0 Å². The summed E-state index contributed by atoms with van der Waals surface area (Å²) in [6, 6.07) is 23.1. The largest absolute Gasteiger partial charge is 1.00 e. The number of benzene rings is 5. The molecule has 5 aromatic carbocycles. The second-order valence-electron chi connectivity index (χ2n) is 9.43. The second-order valence-corrected chi connectivity index (χ2v) is 11.8. The molecule has 0 aliphatic rings. The van der Waals surface area contributed by atoms with Gasteiger partial charge in [-0.1, -0.05) is 105 Å². The van der Waals surface area contributed by atoms with Crippen LogP contribution >= 0.6 is 55.1 Å². The molecule has 3 nitrogen and oxygen atoms in total. The van der Waals surface area contributed by atoms with Crippen LogP contribution in [-0.4, -0.2) is 24.3 Å². The summed E-state index contributed by atoms with van der Waals surface area (Å²) in [5.74, 6) is -2.24. The highest BCUT2D eigenvalue weighted by Gasteiger charge is 2.21. The van der Waals surface area contributed by atoms with Gasteiger partial charge in [-0.25, -0.2) is 17.6 Å². The van der Waals surface area contributed by atoms with Crippen LogP contribution < -0.4 is 34.2 Å². The van der Waals surface area contributed by atoms with Gasteiger partial charge in [0.2, 0.25) is 0 Å². The van der Waals surface area contributed by atoms with Crippen molar-refractivity contribution in [1.29, 1.82) is 0 Å². The third kappa shape index (κ3) is 11.2. The van der Waals surface area contributed by atoms with Crippen molar-refractivity contribution in [1.82, 2.24) is 0 Å². The van der Waals surface area contributed by atoms with E-state index in [1.807, 2.05) is 50.2 Å². The van der Waals surface area contributed by atoms with Crippen molar-refractivity contribution in [3.05, 3.63) is 138 Å². The van der Waals surface area contributed by atoms with Crippen LogP contribution in [0.3, 0.4) is 0 Å². The van der Waals surface area contributed by atoms with Gasteiger partial charge in [-0.15, -0.1) is 0 Å². The first-order chi connectivity index (χ1) is 21.3. The van der Waals surface area contributed by atoms with E-state index in [9.17, 15) is 17.6 Å². The maximum atomic E-state index is 14.4. The number of hydrogen-bond acceptors (Lipinski definition) is 3. The summed E-state index contributed by atoms with van der Waals surface area (Å²) in [4.78, 5) is 0. The van der Waals surface area contributed by atoms with Gasteiger partial charge in [-0.3, -0.25) is 0 Å². The standard InChI is InChI=1S/C20H15ClF2.C7H9BO3.C6HBr2ClF2.2CH4.HI/c1-12-7-3-5-9-14(12)18-16(22)11-17(23)19(20(18)21)15-10-6-4-8-13(15)2;1-11-7-5-3-2-4-6(7)8(9)10;7-4-2(10)1-3(11)5(8)6(4)9;;;/h3-11H,1-2H3;2-5,9-10H,1H3;1H;2*1H4;1H/p-1. The first-order valence-corrected chi connectivity index (χ1v) is 15.4. The van der Waals surface area contributed by atoms with Crippen molar-refractivity contribution in [3.8, 4) is 28.0 Å². The maximum absolute atomic E-state index is 14.4. The average Bonchev–Trinajstić information content (AvgIpc) is 3.01. The Morgan fingerprint density at radius 2 is 1.00 bits per heavy atom. The molecule has 0 radical (unpaired) electrons. The molecule has 0 bridgehead atoms. The van der Waals surface area contributed by atoms with Crippen LogP contribution in [0.1, 0.15) is 26.0 Å². The number of hydrogen-bond donors (Lipinski definition) is 2. The van der Waals surface area contributed by atoms with Gasteiger partial charge >= 0.3 is 7.12 Å². The van der Waals surface area contributed by atoms with Crippen LogP contribution in [0.4, 0.5) is 17.6 Å². The predicted octanol–water partition coefficient (Wildman–Crippen LogP) is 8.36. The van der Waals surface area contributed by atoms with Crippen molar-refractivity contribution in [2.45, 2.75) is 28.7 Å². The van der Waals surface area contributed by atoms with Crippen molar-refractivity contribution in [2.75, 3.05) is 7.11 Å². The number of ether oxygens (including phenoxy) is 1. The normalized spacial score (nSPS) is 9.69. The third-order valence-electron chi connectivity index (χ3n) is 6.47. The summed E-state index contributed by atoms with van der Waals surface area (Å²) in [6.45, 7) is 3.75. The Kier molecular flexibility index (Phi) is 20.2. The highest BCUT2D eigenvalue weighted by atomic mass is 127. The lowest BCUT2D eigenvalue weighted by atomic mass is 9.80. The lowest BCUT2D eigenvalue weighted by Gasteiger charge is -2.15. The first-order valence-electron chi connectivity index (χ1n) is 13.1. The Balaban J connectivity index is 0.000000749. The van der Waals surface area contributed by atoms with Crippen LogP contribution in [0.25, 0.3) is 22.3 Å². The molecule has 5 rings (SSSR count).